The molecule has 3 rings (SSSR count). The van der Waals surface area contributed by atoms with Gasteiger partial charge < -0.3 is 10.6 Å². The minimum Gasteiger partial charge on any atom is -0.348 e. The van der Waals surface area contributed by atoms with Crippen molar-refractivity contribution in [3.8, 4) is 0 Å². The SMILES string of the molecule is O=C(NCC1CCN(S(=O)(=O)C2CC2)CC1)C(=O)Nc1ccccc1F. The van der Waals surface area contributed by atoms with E-state index in [9.17, 15) is 22.4 Å². The number of hydrogen-bond acceptors (Lipinski definition) is 4. The summed E-state index contributed by atoms with van der Waals surface area (Å²) in [4.78, 5) is 23.7. The van der Waals surface area contributed by atoms with Gasteiger partial charge >= 0.3 is 11.8 Å². The van der Waals surface area contributed by atoms with E-state index >= 15 is 0 Å². The van der Waals surface area contributed by atoms with E-state index in [0.717, 1.165) is 12.8 Å². The summed E-state index contributed by atoms with van der Waals surface area (Å²) in [6.45, 7) is 1.18. The number of sulfonamides is 1. The first kappa shape index (κ1) is 18.8. The molecule has 7 nitrogen and oxygen atoms in total. The van der Waals surface area contributed by atoms with Crippen LogP contribution in [0.4, 0.5) is 10.1 Å². The van der Waals surface area contributed by atoms with Crippen molar-refractivity contribution in [1.29, 1.82) is 0 Å². The molecule has 0 unspecified atom stereocenters. The summed E-state index contributed by atoms with van der Waals surface area (Å²) >= 11 is 0. The number of anilines is 1. The number of para-hydroxylation sites is 1. The Balaban J connectivity index is 1.42. The Bertz CT molecular complexity index is 787. The predicted molar refractivity (Wildman–Crippen MR) is 94.3 cm³/mol. The zero-order valence-electron chi connectivity index (χ0n) is 14.3. The van der Waals surface area contributed by atoms with Crippen molar-refractivity contribution < 1.29 is 22.4 Å². The molecule has 2 N–H and O–H groups in total. The number of hydrogen-bond donors (Lipinski definition) is 2. The van der Waals surface area contributed by atoms with E-state index in [-0.39, 0.29) is 16.9 Å². The van der Waals surface area contributed by atoms with Gasteiger partial charge in [0.15, 0.2) is 0 Å². The van der Waals surface area contributed by atoms with Crippen LogP contribution in [0.2, 0.25) is 0 Å². The number of nitrogens with zero attached hydrogens (tertiary/aromatic N) is 1. The first-order valence-electron chi connectivity index (χ1n) is 8.70. The van der Waals surface area contributed by atoms with Crippen molar-refractivity contribution in [2.45, 2.75) is 30.9 Å². The first-order chi connectivity index (χ1) is 12.4. The Morgan fingerprint density at radius 2 is 1.73 bits per heavy atom. The minimum absolute atomic E-state index is 0.0498. The fourth-order valence-corrected chi connectivity index (χ4v) is 4.88. The first-order valence-corrected chi connectivity index (χ1v) is 10.2. The van der Waals surface area contributed by atoms with E-state index in [1.807, 2.05) is 0 Å². The standard InChI is InChI=1S/C17H22FN3O4S/c18-14-3-1-2-4-15(14)20-17(23)16(22)19-11-12-7-9-21(10-8-12)26(24,25)13-5-6-13/h1-4,12-13H,5-11H2,(H,19,22)(H,20,23). The lowest BCUT2D eigenvalue weighted by molar-refractivity contribution is -0.136. The Morgan fingerprint density at radius 1 is 1.08 bits per heavy atom. The van der Waals surface area contributed by atoms with Crippen molar-refractivity contribution in [2.75, 3.05) is 25.0 Å². The molecule has 1 heterocycles. The van der Waals surface area contributed by atoms with E-state index in [4.69, 9.17) is 0 Å². The van der Waals surface area contributed by atoms with Gasteiger partial charge in [0.1, 0.15) is 5.82 Å². The van der Waals surface area contributed by atoms with Gasteiger partial charge in [-0.1, -0.05) is 12.1 Å². The van der Waals surface area contributed by atoms with Gasteiger partial charge in [0.2, 0.25) is 10.0 Å². The van der Waals surface area contributed by atoms with Crippen molar-refractivity contribution in [1.82, 2.24) is 9.62 Å². The van der Waals surface area contributed by atoms with Crippen LogP contribution in [0.15, 0.2) is 24.3 Å². The normalized spacial score (nSPS) is 19.1. The van der Waals surface area contributed by atoms with Crippen molar-refractivity contribution in [3.05, 3.63) is 30.1 Å². The van der Waals surface area contributed by atoms with Gasteiger partial charge in [0.25, 0.3) is 0 Å². The Hall–Kier alpha value is -2.00. The molecule has 0 spiro atoms. The molecule has 1 saturated heterocycles. The summed E-state index contributed by atoms with van der Waals surface area (Å²) in [5.41, 5.74) is -0.0498. The molecule has 0 aromatic heterocycles. The van der Waals surface area contributed by atoms with Gasteiger partial charge in [-0.3, -0.25) is 9.59 Å². The van der Waals surface area contributed by atoms with E-state index in [1.165, 1.54) is 22.5 Å². The Labute approximate surface area is 152 Å². The van der Waals surface area contributed by atoms with Gasteiger partial charge in [0.05, 0.1) is 10.9 Å². The average molecular weight is 383 g/mol. The summed E-state index contributed by atoms with van der Waals surface area (Å²) in [6, 6.07) is 5.61. The highest BCUT2D eigenvalue weighted by Gasteiger charge is 2.41. The minimum atomic E-state index is -3.15. The second-order valence-electron chi connectivity index (χ2n) is 6.73. The van der Waals surface area contributed by atoms with Crippen LogP contribution in [0.25, 0.3) is 0 Å². The van der Waals surface area contributed by atoms with Crippen LogP contribution in [-0.2, 0) is 19.6 Å². The van der Waals surface area contributed by atoms with E-state index in [0.29, 0.717) is 32.5 Å². The third-order valence-corrected chi connectivity index (χ3v) is 7.16. The van der Waals surface area contributed by atoms with Crippen LogP contribution in [0.5, 0.6) is 0 Å². The number of carbonyl (C=O) groups excluding carboxylic acids is 2. The van der Waals surface area contributed by atoms with Crippen molar-refractivity contribution >= 4 is 27.5 Å². The van der Waals surface area contributed by atoms with Crippen LogP contribution in [0, 0.1) is 11.7 Å². The van der Waals surface area contributed by atoms with E-state index in [1.54, 1.807) is 6.07 Å². The van der Waals surface area contributed by atoms with Crippen LogP contribution in [0.3, 0.4) is 0 Å². The number of halogens is 1. The van der Waals surface area contributed by atoms with Crippen LogP contribution in [-0.4, -0.2) is 49.4 Å². The maximum Gasteiger partial charge on any atom is 0.313 e. The lowest BCUT2D eigenvalue weighted by Crippen LogP contribution is -2.44. The van der Waals surface area contributed by atoms with Gasteiger partial charge in [-0.25, -0.2) is 17.1 Å². The third kappa shape index (κ3) is 4.39. The number of nitrogens with one attached hydrogen (secondary N) is 2. The topological polar surface area (TPSA) is 95.6 Å². The molecule has 0 bridgehead atoms. The summed E-state index contributed by atoms with van der Waals surface area (Å²) < 4.78 is 39.4. The monoisotopic (exact) mass is 383 g/mol. The third-order valence-electron chi connectivity index (χ3n) is 4.76. The fraction of sp³-hybridized carbons (Fsp3) is 0.529. The maximum absolute atomic E-state index is 13.5. The molecule has 0 atom stereocenters. The zero-order valence-corrected chi connectivity index (χ0v) is 15.1. The smallest absolute Gasteiger partial charge is 0.313 e. The average Bonchev–Trinajstić information content (AvgIpc) is 3.47. The molecule has 1 aliphatic carbocycles. The number of carbonyl (C=O) groups is 2. The fourth-order valence-electron chi connectivity index (χ4n) is 3.00. The molecule has 0 radical (unpaired) electrons. The molecule has 1 aliphatic heterocycles. The molecule has 2 aliphatic rings. The van der Waals surface area contributed by atoms with Crippen molar-refractivity contribution in [2.24, 2.45) is 5.92 Å². The molecule has 26 heavy (non-hydrogen) atoms. The van der Waals surface area contributed by atoms with Gasteiger partial charge in [-0.2, -0.15) is 0 Å². The van der Waals surface area contributed by atoms with Crippen LogP contribution >= 0.6 is 0 Å². The van der Waals surface area contributed by atoms with Crippen LogP contribution in [0.1, 0.15) is 25.7 Å². The molecule has 2 amide bonds. The summed E-state index contributed by atoms with van der Waals surface area (Å²) in [5, 5.41) is 4.56. The largest absolute Gasteiger partial charge is 0.348 e. The summed E-state index contributed by atoms with van der Waals surface area (Å²) in [7, 11) is -3.15. The highest BCUT2D eigenvalue weighted by molar-refractivity contribution is 7.90. The highest BCUT2D eigenvalue weighted by Crippen LogP contribution is 2.33. The van der Waals surface area contributed by atoms with Gasteiger partial charge in [-0.05, 0) is 43.7 Å². The van der Waals surface area contributed by atoms with E-state index < -0.39 is 27.7 Å². The number of rotatable bonds is 5. The number of piperidine rings is 1. The lowest BCUT2D eigenvalue weighted by Gasteiger charge is -2.31. The van der Waals surface area contributed by atoms with Crippen molar-refractivity contribution in [3.63, 3.8) is 0 Å². The molecular formula is C17H22FN3O4S. The maximum atomic E-state index is 13.5. The Kier molecular flexibility index (Phi) is 5.57. The van der Waals surface area contributed by atoms with Crippen LogP contribution < -0.4 is 10.6 Å². The second kappa shape index (κ2) is 7.71. The van der Waals surface area contributed by atoms with E-state index in [2.05, 4.69) is 10.6 Å². The Morgan fingerprint density at radius 3 is 2.35 bits per heavy atom. The second-order valence-corrected chi connectivity index (χ2v) is 8.94. The molecule has 9 heteroatoms. The lowest BCUT2D eigenvalue weighted by atomic mass is 9.98. The molecule has 2 fully saturated rings. The molecular weight excluding hydrogens is 361 g/mol. The molecule has 1 saturated carbocycles. The predicted octanol–water partition coefficient (Wildman–Crippen LogP) is 1.08. The molecule has 1 aromatic carbocycles. The number of benzene rings is 1. The summed E-state index contributed by atoms with van der Waals surface area (Å²) in [6.07, 6.45) is 2.77. The van der Waals surface area contributed by atoms with Gasteiger partial charge in [-0.15, -0.1) is 0 Å². The number of amides is 2. The molecule has 142 valence electrons. The molecule has 1 aromatic rings. The van der Waals surface area contributed by atoms with Gasteiger partial charge in [0, 0.05) is 19.6 Å². The summed E-state index contributed by atoms with van der Waals surface area (Å²) in [5.74, 6) is -2.26. The zero-order chi connectivity index (χ0) is 18.7. The quantitative estimate of drug-likeness (QED) is 0.744. The highest BCUT2D eigenvalue weighted by atomic mass is 32.2.